The zero-order valence-electron chi connectivity index (χ0n) is 10.7. The second-order valence-corrected chi connectivity index (χ2v) is 4.27. The fourth-order valence-electron chi connectivity index (χ4n) is 1.84. The molecule has 0 aliphatic heterocycles. The van der Waals surface area contributed by atoms with Crippen LogP contribution in [0, 0.1) is 0 Å². The van der Waals surface area contributed by atoms with Crippen molar-refractivity contribution < 1.29 is 14.7 Å². The third-order valence-corrected chi connectivity index (χ3v) is 2.88. The van der Waals surface area contributed by atoms with Crippen molar-refractivity contribution in [3.05, 3.63) is 65.7 Å². The van der Waals surface area contributed by atoms with Gasteiger partial charge in [-0.15, -0.1) is 0 Å². The summed E-state index contributed by atoms with van der Waals surface area (Å²) in [6.45, 7) is 0.242. The summed E-state index contributed by atoms with van der Waals surface area (Å²) in [7, 11) is 0. The van der Waals surface area contributed by atoms with Gasteiger partial charge in [0.05, 0.1) is 6.54 Å². The molecule has 0 unspecified atom stereocenters. The van der Waals surface area contributed by atoms with E-state index < -0.39 is 12.0 Å². The highest BCUT2D eigenvalue weighted by Gasteiger charge is 2.15. The van der Waals surface area contributed by atoms with Gasteiger partial charge in [0.2, 0.25) is 5.91 Å². The topological polar surface area (TPSA) is 83.6 Å². The number of nitrogens with zero attached hydrogens (tertiary/aromatic N) is 1. The molecule has 0 aliphatic carbocycles. The number of anilines is 1. The third-order valence-electron chi connectivity index (χ3n) is 2.88. The number of amides is 2. The van der Waals surface area contributed by atoms with Gasteiger partial charge in [-0.05, 0) is 29.8 Å². The normalized spacial score (nSPS) is 10.0. The van der Waals surface area contributed by atoms with Crippen molar-refractivity contribution in [3.8, 4) is 0 Å². The van der Waals surface area contributed by atoms with Gasteiger partial charge < -0.3 is 10.8 Å². The summed E-state index contributed by atoms with van der Waals surface area (Å²) < 4.78 is 0. The van der Waals surface area contributed by atoms with Crippen LogP contribution in [0.2, 0.25) is 0 Å². The number of primary amides is 1. The molecule has 0 saturated heterocycles. The maximum atomic E-state index is 11.4. The lowest BCUT2D eigenvalue weighted by molar-refractivity contribution is 0.100. The summed E-state index contributed by atoms with van der Waals surface area (Å²) in [5.74, 6) is -0.540. The number of carbonyl (C=O) groups excluding carboxylic acids is 1. The van der Waals surface area contributed by atoms with Crippen molar-refractivity contribution in [1.82, 2.24) is 0 Å². The van der Waals surface area contributed by atoms with Crippen molar-refractivity contribution in [2.45, 2.75) is 6.54 Å². The Morgan fingerprint density at radius 1 is 1.00 bits per heavy atom. The molecule has 0 aromatic heterocycles. The quantitative estimate of drug-likeness (QED) is 0.895. The smallest absolute Gasteiger partial charge is 0.412 e. The number of carbonyl (C=O) groups is 2. The Labute approximate surface area is 116 Å². The zero-order chi connectivity index (χ0) is 14.5. The fraction of sp³-hybridized carbons (Fsp3) is 0.0667. The molecule has 102 valence electrons. The minimum atomic E-state index is -1.05. The van der Waals surface area contributed by atoms with E-state index in [1.54, 1.807) is 12.1 Å². The van der Waals surface area contributed by atoms with Crippen LogP contribution in [-0.2, 0) is 6.54 Å². The van der Waals surface area contributed by atoms with Crippen LogP contribution in [0.5, 0.6) is 0 Å². The minimum absolute atomic E-state index is 0.242. The average Bonchev–Trinajstić information content (AvgIpc) is 2.45. The largest absolute Gasteiger partial charge is 0.465 e. The maximum absolute atomic E-state index is 11.4. The van der Waals surface area contributed by atoms with Crippen molar-refractivity contribution >= 4 is 17.7 Å². The molecule has 0 spiro atoms. The Kier molecular flexibility index (Phi) is 4.00. The lowest BCUT2D eigenvalue weighted by atomic mass is 10.1. The fourth-order valence-corrected chi connectivity index (χ4v) is 1.84. The molecule has 0 bridgehead atoms. The lowest BCUT2D eigenvalue weighted by Crippen LogP contribution is -2.28. The van der Waals surface area contributed by atoms with E-state index in [1.807, 2.05) is 30.3 Å². The Hall–Kier alpha value is -2.82. The van der Waals surface area contributed by atoms with Gasteiger partial charge in [-0.25, -0.2) is 4.79 Å². The van der Waals surface area contributed by atoms with Gasteiger partial charge in [-0.2, -0.15) is 0 Å². The van der Waals surface area contributed by atoms with Crippen LogP contribution >= 0.6 is 0 Å². The molecular weight excluding hydrogens is 256 g/mol. The van der Waals surface area contributed by atoms with Crippen molar-refractivity contribution in [2.24, 2.45) is 5.73 Å². The molecule has 0 fully saturated rings. The summed E-state index contributed by atoms with van der Waals surface area (Å²) in [6.07, 6.45) is -1.05. The van der Waals surface area contributed by atoms with Crippen LogP contribution in [0.25, 0.3) is 0 Å². The van der Waals surface area contributed by atoms with Gasteiger partial charge in [0.15, 0.2) is 0 Å². The number of hydrogen-bond acceptors (Lipinski definition) is 2. The number of rotatable bonds is 4. The van der Waals surface area contributed by atoms with Gasteiger partial charge in [0, 0.05) is 11.3 Å². The first kappa shape index (κ1) is 13.6. The molecule has 0 saturated carbocycles. The van der Waals surface area contributed by atoms with Crippen LogP contribution in [0.1, 0.15) is 15.9 Å². The van der Waals surface area contributed by atoms with Gasteiger partial charge in [-0.3, -0.25) is 9.69 Å². The highest BCUT2D eigenvalue weighted by molar-refractivity contribution is 5.94. The van der Waals surface area contributed by atoms with Gasteiger partial charge in [-0.1, -0.05) is 30.3 Å². The predicted molar refractivity (Wildman–Crippen MR) is 75.6 cm³/mol. The van der Waals surface area contributed by atoms with E-state index in [-0.39, 0.29) is 6.54 Å². The van der Waals surface area contributed by atoms with E-state index >= 15 is 0 Å². The Morgan fingerprint density at radius 3 is 2.10 bits per heavy atom. The highest BCUT2D eigenvalue weighted by Crippen LogP contribution is 2.18. The minimum Gasteiger partial charge on any atom is -0.465 e. The number of nitrogens with two attached hydrogens (primary N) is 1. The van der Waals surface area contributed by atoms with Gasteiger partial charge >= 0.3 is 6.09 Å². The molecule has 5 nitrogen and oxygen atoms in total. The van der Waals surface area contributed by atoms with Crippen molar-refractivity contribution in [1.29, 1.82) is 0 Å². The first-order chi connectivity index (χ1) is 9.58. The lowest BCUT2D eigenvalue weighted by Gasteiger charge is -2.19. The van der Waals surface area contributed by atoms with E-state index in [0.717, 1.165) is 5.56 Å². The average molecular weight is 270 g/mol. The summed E-state index contributed by atoms with van der Waals surface area (Å²) in [4.78, 5) is 23.6. The molecule has 0 atom stereocenters. The molecule has 2 amide bonds. The summed E-state index contributed by atoms with van der Waals surface area (Å²) in [6, 6.07) is 15.4. The molecule has 0 aliphatic rings. The molecule has 20 heavy (non-hydrogen) atoms. The number of benzene rings is 2. The molecule has 0 radical (unpaired) electrons. The zero-order valence-corrected chi connectivity index (χ0v) is 10.7. The second-order valence-electron chi connectivity index (χ2n) is 4.27. The standard InChI is InChI=1S/C15H14N2O3/c16-14(18)12-6-8-13(9-7-12)17(15(19)20)10-11-4-2-1-3-5-11/h1-9H,10H2,(H2,16,18)(H,19,20). The van der Waals surface area contributed by atoms with E-state index in [2.05, 4.69) is 0 Å². The first-order valence-electron chi connectivity index (χ1n) is 6.02. The van der Waals surface area contributed by atoms with Crippen LogP contribution < -0.4 is 10.6 Å². The van der Waals surface area contributed by atoms with Crippen LogP contribution in [0.3, 0.4) is 0 Å². The monoisotopic (exact) mass is 270 g/mol. The molecule has 2 aromatic rings. The Morgan fingerprint density at radius 2 is 1.60 bits per heavy atom. The molecule has 0 heterocycles. The van der Waals surface area contributed by atoms with Crippen LogP contribution in [0.4, 0.5) is 10.5 Å². The molecule has 5 heteroatoms. The van der Waals surface area contributed by atoms with E-state index in [0.29, 0.717) is 11.3 Å². The van der Waals surface area contributed by atoms with E-state index in [1.165, 1.54) is 17.0 Å². The van der Waals surface area contributed by atoms with Gasteiger partial charge in [0.25, 0.3) is 0 Å². The molecule has 2 aromatic carbocycles. The number of carboxylic acid groups (broad SMARTS) is 1. The van der Waals surface area contributed by atoms with Crippen LogP contribution in [-0.4, -0.2) is 17.1 Å². The third kappa shape index (κ3) is 3.14. The molecule has 3 N–H and O–H groups in total. The maximum Gasteiger partial charge on any atom is 0.412 e. The van der Waals surface area contributed by atoms with Crippen molar-refractivity contribution in [3.63, 3.8) is 0 Å². The molecular formula is C15H14N2O3. The first-order valence-corrected chi connectivity index (χ1v) is 6.02. The van der Waals surface area contributed by atoms with E-state index in [9.17, 15) is 14.7 Å². The van der Waals surface area contributed by atoms with Crippen molar-refractivity contribution in [2.75, 3.05) is 4.90 Å². The number of hydrogen-bond donors (Lipinski definition) is 2. The Bertz CT molecular complexity index is 609. The summed E-state index contributed by atoms with van der Waals surface area (Å²) >= 11 is 0. The van der Waals surface area contributed by atoms with E-state index in [4.69, 9.17) is 5.73 Å². The summed E-state index contributed by atoms with van der Waals surface area (Å²) in [5, 5.41) is 9.30. The SMILES string of the molecule is NC(=O)c1ccc(N(Cc2ccccc2)C(=O)O)cc1. The summed E-state index contributed by atoms with van der Waals surface area (Å²) in [5.41, 5.74) is 6.88. The second kappa shape index (κ2) is 5.88. The Balaban J connectivity index is 2.25. The van der Waals surface area contributed by atoms with Gasteiger partial charge in [0.1, 0.15) is 0 Å². The highest BCUT2D eigenvalue weighted by atomic mass is 16.4. The molecule has 2 rings (SSSR count). The van der Waals surface area contributed by atoms with Crippen LogP contribution in [0.15, 0.2) is 54.6 Å². The predicted octanol–water partition coefficient (Wildman–Crippen LogP) is 2.47.